The van der Waals surface area contributed by atoms with Crippen LogP contribution in [0.3, 0.4) is 0 Å². The van der Waals surface area contributed by atoms with E-state index in [-0.39, 0.29) is 0 Å². The average Bonchev–Trinajstić information content (AvgIpc) is 2.00. The van der Waals surface area contributed by atoms with Crippen molar-refractivity contribution in [1.29, 1.82) is 0 Å². The van der Waals surface area contributed by atoms with E-state index >= 15 is 0 Å². The molecule has 1 fully saturated rings. The fourth-order valence-electron chi connectivity index (χ4n) is 1.90. The van der Waals surface area contributed by atoms with Crippen LogP contribution in [0, 0.1) is 12.3 Å². The molecule has 1 saturated heterocycles. The number of pyridine rings is 1. The van der Waals surface area contributed by atoms with Crippen molar-refractivity contribution in [2.45, 2.75) is 20.8 Å². The highest BCUT2D eigenvalue weighted by atomic mass is 79.9. The third-order valence-electron chi connectivity index (χ3n) is 2.50. The predicted molar refractivity (Wildman–Crippen MR) is 62.7 cm³/mol. The molecule has 1 aromatic rings. The molecule has 76 valence electrons. The molecule has 0 spiro atoms. The number of aromatic nitrogens is 1. The Morgan fingerprint density at radius 1 is 1.43 bits per heavy atom. The summed E-state index contributed by atoms with van der Waals surface area (Å²) in [6, 6.07) is 2.12. The molecule has 2 heterocycles. The van der Waals surface area contributed by atoms with E-state index in [1.54, 1.807) is 0 Å². The Bertz CT molecular complexity index is 352. The number of hydrogen-bond acceptors (Lipinski definition) is 2. The first-order valence-electron chi connectivity index (χ1n) is 4.85. The maximum atomic E-state index is 4.44. The van der Waals surface area contributed by atoms with E-state index in [0.717, 1.165) is 23.4 Å². The average molecular weight is 255 g/mol. The topological polar surface area (TPSA) is 16.1 Å². The van der Waals surface area contributed by atoms with Gasteiger partial charge in [0, 0.05) is 19.3 Å². The summed E-state index contributed by atoms with van der Waals surface area (Å²) in [6.45, 7) is 8.82. The largest absolute Gasteiger partial charge is 0.354 e. The molecular formula is C11H15BrN2. The fraction of sp³-hybridized carbons (Fsp3) is 0.545. The molecule has 0 radical (unpaired) electrons. The van der Waals surface area contributed by atoms with E-state index in [9.17, 15) is 0 Å². The van der Waals surface area contributed by atoms with Gasteiger partial charge in [-0.25, -0.2) is 4.98 Å². The Balaban J connectivity index is 2.19. The fourth-order valence-corrected chi connectivity index (χ4v) is 2.61. The van der Waals surface area contributed by atoms with Gasteiger partial charge >= 0.3 is 0 Å². The molecule has 1 aliphatic heterocycles. The van der Waals surface area contributed by atoms with E-state index in [0.29, 0.717) is 5.41 Å². The van der Waals surface area contributed by atoms with Gasteiger partial charge in [0.05, 0.1) is 4.47 Å². The highest BCUT2D eigenvalue weighted by Crippen LogP contribution is 2.35. The highest BCUT2D eigenvalue weighted by Gasteiger charge is 2.35. The van der Waals surface area contributed by atoms with E-state index in [4.69, 9.17) is 0 Å². The second kappa shape index (κ2) is 3.23. The third-order valence-corrected chi connectivity index (χ3v) is 3.08. The number of aryl methyl sites for hydroxylation is 1. The molecule has 2 rings (SSSR count). The number of hydrogen-bond donors (Lipinski definition) is 0. The SMILES string of the molecule is Cc1cnc(N2CC(C)(C)C2)c(Br)c1. The van der Waals surface area contributed by atoms with Crippen molar-refractivity contribution < 1.29 is 0 Å². The van der Waals surface area contributed by atoms with Crippen molar-refractivity contribution in [2.24, 2.45) is 5.41 Å². The molecule has 3 heteroatoms. The van der Waals surface area contributed by atoms with Crippen molar-refractivity contribution >= 4 is 21.7 Å². The molecule has 0 bridgehead atoms. The second-order valence-electron chi connectivity index (χ2n) is 4.84. The molecule has 0 saturated carbocycles. The van der Waals surface area contributed by atoms with Gasteiger partial charge in [-0.05, 0) is 39.9 Å². The standard InChI is InChI=1S/C11H15BrN2/c1-8-4-9(12)10(13-5-8)14-6-11(2,3)7-14/h4-5H,6-7H2,1-3H3. The quantitative estimate of drug-likeness (QED) is 0.766. The van der Waals surface area contributed by atoms with Gasteiger partial charge in [0.25, 0.3) is 0 Å². The van der Waals surface area contributed by atoms with Crippen LogP contribution in [0.15, 0.2) is 16.7 Å². The summed E-state index contributed by atoms with van der Waals surface area (Å²) in [5.74, 6) is 1.08. The molecule has 0 aromatic carbocycles. The summed E-state index contributed by atoms with van der Waals surface area (Å²) in [5, 5.41) is 0. The molecule has 14 heavy (non-hydrogen) atoms. The maximum Gasteiger partial charge on any atom is 0.142 e. The van der Waals surface area contributed by atoms with E-state index < -0.39 is 0 Å². The van der Waals surface area contributed by atoms with Gasteiger partial charge in [-0.15, -0.1) is 0 Å². The molecule has 0 aliphatic carbocycles. The van der Waals surface area contributed by atoms with Crippen LogP contribution in [-0.4, -0.2) is 18.1 Å². The summed E-state index contributed by atoms with van der Waals surface area (Å²) in [4.78, 5) is 6.75. The van der Waals surface area contributed by atoms with E-state index in [1.165, 1.54) is 5.56 Å². The second-order valence-corrected chi connectivity index (χ2v) is 5.69. The minimum Gasteiger partial charge on any atom is -0.354 e. The lowest BCUT2D eigenvalue weighted by molar-refractivity contribution is 0.274. The molecule has 0 unspecified atom stereocenters. The van der Waals surface area contributed by atoms with Gasteiger partial charge in [-0.2, -0.15) is 0 Å². The minimum absolute atomic E-state index is 0.450. The van der Waals surface area contributed by atoms with E-state index in [2.05, 4.69) is 52.7 Å². The van der Waals surface area contributed by atoms with Crippen LogP contribution in [0.25, 0.3) is 0 Å². The highest BCUT2D eigenvalue weighted by molar-refractivity contribution is 9.10. The van der Waals surface area contributed by atoms with Gasteiger partial charge in [0.15, 0.2) is 0 Å². The van der Waals surface area contributed by atoms with Gasteiger partial charge in [0.1, 0.15) is 5.82 Å². The molecule has 2 nitrogen and oxygen atoms in total. The first-order valence-corrected chi connectivity index (χ1v) is 5.64. The van der Waals surface area contributed by atoms with Crippen molar-refractivity contribution in [3.8, 4) is 0 Å². The van der Waals surface area contributed by atoms with Crippen LogP contribution < -0.4 is 4.90 Å². The number of halogens is 1. The number of nitrogens with zero attached hydrogens (tertiary/aromatic N) is 2. The summed E-state index contributed by atoms with van der Waals surface area (Å²) < 4.78 is 1.10. The van der Waals surface area contributed by atoms with Crippen LogP contribution in [0.2, 0.25) is 0 Å². The zero-order valence-corrected chi connectivity index (χ0v) is 10.4. The minimum atomic E-state index is 0.450. The van der Waals surface area contributed by atoms with E-state index in [1.807, 2.05) is 6.20 Å². The van der Waals surface area contributed by atoms with Crippen LogP contribution in [0.4, 0.5) is 5.82 Å². The Hall–Kier alpha value is -0.570. The third kappa shape index (κ3) is 1.78. The first kappa shape index (κ1) is 9.97. The Morgan fingerprint density at radius 3 is 2.57 bits per heavy atom. The van der Waals surface area contributed by atoms with Crippen molar-refractivity contribution in [1.82, 2.24) is 4.98 Å². The first-order chi connectivity index (χ1) is 6.48. The summed E-state index contributed by atoms with van der Waals surface area (Å²) in [5.41, 5.74) is 1.65. The Morgan fingerprint density at radius 2 is 2.07 bits per heavy atom. The molecule has 1 aromatic heterocycles. The van der Waals surface area contributed by atoms with Crippen LogP contribution in [0.5, 0.6) is 0 Å². The molecule has 0 atom stereocenters. The molecule has 1 aliphatic rings. The van der Waals surface area contributed by atoms with Crippen LogP contribution in [-0.2, 0) is 0 Å². The van der Waals surface area contributed by atoms with Crippen molar-refractivity contribution in [3.05, 3.63) is 22.3 Å². The maximum absolute atomic E-state index is 4.44. The summed E-state index contributed by atoms with van der Waals surface area (Å²) in [7, 11) is 0. The zero-order valence-electron chi connectivity index (χ0n) is 8.84. The lowest BCUT2D eigenvalue weighted by atomic mass is 9.84. The molecular weight excluding hydrogens is 240 g/mol. The van der Waals surface area contributed by atoms with Gasteiger partial charge in [0.2, 0.25) is 0 Å². The van der Waals surface area contributed by atoms with Gasteiger partial charge < -0.3 is 4.90 Å². The van der Waals surface area contributed by atoms with Gasteiger partial charge in [-0.3, -0.25) is 0 Å². The zero-order chi connectivity index (χ0) is 10.3. The Labute approximate surface area is 93.5 Å². The summed E-state index contributed by atoms with van der Waals surface area (Å²) in [6.07, 6.45) is 1.92. The number of anilines is 1. The smallest absolute Gasteiger partial charge is 0.142 e. The Kier molecular flexibility index (Phi) is 2.30. The van der Waals surface area contributed by atoms with Crippen molar-refractivity contribution in [3.63, 3.8) is 0 Å². The number of rotatable bonds is 1. The van der Waals surface area contributed by atoms with Gasteiger partial charge in [-0.1, -0.05) is 13.8 Å². The van der Waals surface area contributed by atoms with Crippen LogP contribution in [0.1, 0.15) is 19.4 Å². The summed E-state index contributed by atoms with van der Waals surface area (Å²) >= 11 is 3.56. The monoisotopic (exact) mass is 254 g/mol. The van der Waals surface area contributed by atoms with Crippen molar-refractivity contribution in [2.75, 3.05) is 18.0 Å². The van der Waals surface area contributed by atoms with Crippen LogP contribution >= 0.6 is 15.9 Å². The molecule has 0 amide bonds. The normalized spacial score (nSPS) is 19.3. The lowest BCUT2D eigenvalue weighted by Crippen LogP contribution is -2.53. The predicted octanol–water partition coefficient (Wildman–Crippen LogP) is 3.00. The molecule has 0 N–H and O–H groups in total. The lowest BCUT2D eigenvalue weighted by Gasteiger charge is -2.46.